The van der Waals surface area contributed by atoms with Crippen LogP contribution in [0.5, 0.6) is 0 Å². The number of carbonyl (C=O) groups excluding carboxylic acids is 1. The van der Waals surface area contributed by atoms with Crippen LogP contribution in [-0.2, 0) is 4.79 Å². The normalized spacial score (nSPS) is 10.9. The topological polar surface area (TPSA) is 70.7 Å². The van der Waals surface area contributed by atoms with E-state index in [1.807, 2.05) is 0 Å². The number of benzene rings is 1. The molecule has 0 saturated heterocycles. The molecule has 7 heteroatoms. The number of hydrogen-bond donors (Lipinski definition) is 2. The molecule has 0 aliphatic rings. The first-order valence-corrected chi connectivity index (χ1v) is 6.13. The Morgan fingerprint density at radius 3 is 2.79 bits per heavy atom. The van der Waals surface area contributed by atoms with Gasteiger partial charge in [0.1, 0.15) is 5.82 Å². The molecule has 0 bridgehead atoms. The third kappa shape index (κ3) is 3.81. The number of halogens is 2. The summed E-state index contributed by atoms with van der Waals surface area (Å²) in [6.45, 7) is 1.74. The maximum atomic E-state index is 11.6. The van der Waals surface area contributed by atoms with Crippen molar-refractivity contribution in [3.8, 4) is 0 Å². The van der Waals surface area contributed by atoms with E-state index in [1.165, 1.54) is 6.08 Å². The number of aryl methyl sites for hydroxylation is 1. The Kier molecular flexibility index (Phi) is 4.19. The number of hydrogen-bond acceptors (Lipinski definition) is 3. The summed E-state index contributed by atoms with van der Waals surface area (Å²) < 4.78 is 0. The van der Waals surface area contributed by atoms with Gasteiger partial charge in [-0.05, 0) is 30.7 Å². The van der Waals surface area contributed by atoms with Gasteiger partial charge >= 0.3 is 0 Å². The van der Waals surface area contributed by atoms with Crippen molar-refractivity contribution in [2.75, 3.05) is 5.32 Å². The number of H-pyrrole nitrogens is 1. The summed E-state index contributed by atoms with van der Waals surface area (Å²) in [5.41, 5.74) is 0.774. The van der Waals surface area contributed by atoms with Crippen molar-refractivity contribution in [2.24, 2.45) is 0 Å². The highest BCUT2D eigenvalue weighted by molar-refractivity contribution is 6.42. The van der Waals surface area contributed by atoms with Crippen LogP contribution in [0.1, 0.15) is 11.4 Å². The first-order valence-electron chi connectivity index (χ1n) is 5.38. The minimum atomic E-state index is -0.329. The van der Waals surface area contributed by atoms with E-state index in [9.17, 15) is 4.79 Å². The molecule has 0 aliphatic carbocycles. The third-order valence-electron chi connectivity index (χ3n) is 2.20. The highest BCUT2D eigenvalue weighted by atomic mass is 35.5. The van der Waals surface area contributed by atoms with E-state index in [1.54, 1.807) is 31.2 Å². The molecule has 0 radical (unpaired) electrons. The van der Waals surface area contributed by atoms with Crippen LogP contribution in [-0.4, -0.2) is 21.1 Å². The van der Waals surface area contributed by atoms with Crippen LogP contribution in [0.3, 0.4) is 0 Å². The van der Waals surface area contributed by atoms with Gasteiger partial charge in [-0.15, -0.1) is 5.10 Å². The van der Waals surface area contributed by atoms with Gasteiger partial charge in [0.2, 0.25) is 5.95 Å². The fourth-order valence-electron chi connectivity index (χ4n) is 1.34. The average Bonchev–Trinajstić information content (AvgIpc) is 2.76. The molecule has 1 aromatic heterocycles. The molecule has 0 unspecified atom stereocenters. The van der Waals surface area contributed by atoms with E-state index < -0.39 is 0 Å². The Morgan fingerprint density at radius 1 is 1.37 bits per heavy atom. The predicted octanol–water partition coefficient (Wildman–Crippen LogP) is 3.07. The van der Waals surface area contributed by atoms with Crippen molar-refractivity contribution in [2.45, 2.75) is 6.92 Å². The molecule has 2 rings (SSSR count). The molecule has 0 saturated carbocycles. The monoisotopic (exact) mass is 296 g/mol. The number of aromatic nitrogens is 3. The van der Waals surface area contributed by atoms with Crippen LogP contribution >= 0.6 is 23.2 Å². The van der Waals surface area contributed by atoms with Gasteiger partial charge in [0.25, 0.3) is 5.91 Å². The summed E-state index contributed by atoms with van der Waals surface area (Å²) in [5, 5.41) is 9.86. The summed E-state index contributed by atoms with van der Waals surface area (Å²) in [7, 11) is 0. The maximum Gasteiger partial charge on any atom is 0.250 e. The lowest BCUT2D eigenvalue weighted by Crippen LogP contribution is -2.09. The number of aromatic amines is 1. The standard InChI is InChI=1S/C12H10Cl2N4O/c1-7-15-12(18-17-7)16-11(19)5-3-8-2-4-9(13)10(14)6-8/h2-6H,1H3,(H2,15,16,17,18,19)/b5-3+. The zero-order valence-electron chi connectivity index (χ0n) is 9.95. The summed E-state index contributed by atoms with van der Waals surface area (Å²) >= 11 is 11.7. The summed E-state index contributed by atoms with van der Waals surface area (Å²) in [6, 6.07) is 5.10. The van der Waals surface area contributed by atoms with Gasteiger partial charge in [-0.1, -0.05) is 29.3 Å². The van der Waals surface area contributed by atoms with Crippen LogP contribution in [0, 0.1) is 6.92 Å². The van der Waals surface area contributed by atoms with E-state index in [-0.39, 0.29) is 11.9 Å². The summed E-state index contributed by atoms with van der Waals surface area (Å²) in [6.07, 6.45) is 2.99. The number of nitrogens with one attached hydrogen (secondary N) is 2. The molecular formula is C12H10Cl2N4O. The van der Waals surface area contributed by atoms with Gasteiger partial charge in [0.05, 0.1) is 10.0 Å². The minimum Gasteiger partial charge on any atom is -0.290 e. The second kappa shape index (κ2) is 5.86. The van der Waals surface area contributed by atoms with Gasteiger partial charge in [0, 0.05) is 6.08 Å². The van der Waals surface area contributed by atoms with Gasteiger partial charge in [-0.25, -0.2) is 0 Å². The smallest absolute Gasteiger partial charge is 0.250 e. The fourth-order valence-corrected chi connectivity index (χ4v) is 1.64. The predicted molar refractivity (Wildman–Crippen MR) is 75.2 cm³/mol. The molecule has 19 heavy (non-hydrogen) atoms. The summed E-state index contributed by atoms with van der Waals surface area (Å²) in [4.78, 5) is 15.6. The molecule has 0 atom stereocenters. The quantitative estimate of drug-likeness (QED) is 0.855. The van der Waals surface area contributed by atoms with Crippen LogP contribution in [0.25, 0.3) is 6.08 Å². The number of amides is 1. The SMILES string of the molecule is Cc1nc(NC(=O)/C=C/c2ccc(Cl)c(Cl)c2)n[nH]1. The van der Waals surface area contributed by atoms with Gasteiger partial charge in [0.15, 0.2) is 0 Å². The molecule has 0 spiro atoms. The average molecular weight is 297 g/mol. The van der Waals surface area contributed by atoms with Crippen molar-refractivity contribution in [3.63, 3.8) is 0 Å². The molecule has 2 N–H and O–H groups in total. The molecule has 1 amide bonds. The summed E-state index contributed by atoms with van der Waals surface area (Å²) in [5.74, 6) is 0.537. The molecule has 98 valence electrons. The number of carbonyl (C=O) groups is 1. The van der Waals surface area contributed by atoms with Crippen LogP contribution in [0.2, 0.25) is 10.0 Å². The van der Waals surface area contributed by atoms with Crippen molar-refractivity contribution < 1.29 is 4.79 Å². The van der Waals surface area contributed by atoms with Gasteiger partial charge in [-0.2, -0.15) is 4.98 Å². The number of nitrogens with zero attached hydrogens (tertiary/aromatic N) is 2. The highest BCUT2D eigenvalue weighted by Crippen LogP contribution is 2.23. The van der Waals surface area contributed by atoms with Crippen molar-refractivity contribution in [1.29, 1.82) is 0 Å². The number of anilines is 1. The van der Waals surface area contributed by atoms with Crippen molar-refractivity contribution in [3.05, 3.63) is 45.7 Å². The van der Waals surface area contributed by atoms with E-state index >= 15 is 0 Å². The van der Waals surface area contributed by atoms with Crippen LogP contribution in [0.15, 0.2) is 24.3 Å². The Bertz CT molecular complexity index is 636. The third-order valence-corrected chi connectivity index (χ3v) is 2.94. The van der Waals surface area contributed by atoms with Crippen LogP contribution < -0.4 is 5.32 Å². The molecule has 1 aromatic carbocycles. The molecule has 1 heterocycles. The molecule has 2 aromatic rings. The van der Waals surface area contributed by atoms with E-state index in [2.05, 4.69) is 20.5 Å². The first kappa shape index (κ1) is 13.6. The first-order chi connectivity index (χ1) is 9.04. The zero-order valence-corrected chi connectivity index (χ0v) is 11.5. The van der Waals surface area contributed by atoms with Crippen LogP contribution in [0.4, 0.5) is 5.95 Å². The molecule has 5 nitrogen and oxygen atoms in total. The Balaban J connectivity index is 2.01. The zero-order chi connectivity index (χ0) is 13.8. The molecule has 0 fully saturated rings. The van der Waals surface area contributed by atoms with Crippen molar-refractivity contribution in [1.82, 2.24) is 15.2 Å². The lowest BCUT2D eigenvalue weighted by atomic mass is 10.2. The van der Waals surface area contributed by atoms with Crippen molar-refractivity contribution >= 4 is 41.1 Å². The second-order valence-corrected chi connectivity index (χ2v) is 4.55. The largest absolute Gasteiger partial charge is 0.290 e. The minimum absolute atomic E-state index is 0.237. The second-order valence-electron chi connectivity index (χ2n) is 3.74. The highest BCUT2D eigenvalue weighted by Gasteiger charge is 2.02. The Hall–Kier alpha value is -1.85. The molecule has 0 aliphatic heterocycles. The van der Waals surface area contributed by atoms with E-state index in [0.29, 0.717) is 15.9 Å². The molecular weight excluding hydrogens is 287 g/mol. The lowest BCUT2D eigenvalue weighted by Gasteiger charge is -1.98. The van der Waals surface area contributed by atoms with E-state index in [4.69, 9.17) is 23.2 Å². The van der Waals surface area contributed by atoms with E-state index in [0.717, 1.165) is 5.56 Å². The fraction of sp³-hybridized carbons (Fsp3) is 0.0833. The van der Waals surface area contributed by atoms with Gasteiger partial charge in [-0.3, -0.25) is 15.2 Å². The number of rotatable bonds is 3. The Labute approximate surface area is 119 Å². The van der Waals surface area contributed by atoms with Gasteiger partial charge < -0.3 is 0 Å². The Morgan fingerprint density at radius 2 is 2.16 bits per heavy atom. The lowest BCUT2D eigenvalue weighted by molar-refractivity contribution is -0.111. The maximum absolute atomic E-state index is 11.6.